The topological polar surface area (TPSA) is 0 Å². The molecule has 3 fully saturated rings. The molecule has 0 saturated heterocycles. The van der Waals surface area contributed by atoms with E-state index in [1.54, 1.807) is 5.56 Å². The van der Waals surface area contributed by atoms with E-state index in [9.17, 15) is 0 Å². The summed E-state index contributed by atoms with van der Waals surface area (Å²) < 4.78 is 0. The maximum Gasteiger partial charge on any atom is -0.00390 e. The minimum Gasteiger partial charge on any atom is -0.0622 e. The van der Waals surface area contributed by atoms with Gasteiger partial charge in [-0.25, -0.2) is 0 Å². The molecule has 0 nitrogen and oxygen atoms in total. The first kappa shape index (κ1) is 5.82. The Hall–Kier alpha value is -0.780. The summed E-state index contributed by atoms with van der Waals surface area (Å²) in [6, 6.07) is 11.0. The third kappa shape index (κ3) is 0.604. The third-order valence-electron chi connectivity index (χ3n) is 3.42. The van der Waals surface area contributed by atoms with E-state index in [-0.39, 0.29) is 0 Å². The van der Waals surface area contributed by atoms with E-state index in [1.165, 1.54) is 19.3 Å². The molecular formula is C11H12. The zero-order valence-electron chi connectivity index (χ0n) is 6.59. The lowest BCUT2D eigenvalue weighted by Crippen LogP contribution is -2.55. The molecule has 0 N–H and O–H groups in total. The number of benzene rings is 1. The highest BCUT2D eigenvalue weighted by atomic mass is 14.6. The fourth-order valence-corrected chi connectivity index (χ4v) is 2.62. The van der Waals surface area contributed by atoms with E-state index in [0.717, 1.165) is 5.92 Å². The van der Waals surface area contributed by atoms with Crippen molar-refractivity contribution in [2.45, 2.75) is 24.7 Å². The number of hydrogen-bond acceptors (Lipinski definition) is 0. The maximum atomic E-state index is 2.29. The van der Waals surface area contributed by atoms with Crippen LogP contribution in [-0.4, -0.2) is 0 Å². The smallest absolute Gasteiger partial charge is 0.00390 e. The molecule has 11 heavy (non-hydrogen) atoms. The van der Waals surface area contributed by atoms with Crippen molar-refractivity contribution in [3.8, 4) is 0 Å². The first-order valence-electron chi connectivity index (χ1n) is 4.45. The van der Waals surface area contributed by atoms with Crippen molar-refractivity contribution in [1.29, 1.82) is 0 Å². The zero-order valence-corrected chi connectivity index (χ0v) is 6.59. The molecular weight excluding hydrogens is 132 g/mol. The Morgan fingerprint density at radius 1 is 1.00 bits per heavy atom. The molecule has 2 bridgehead atoms. The van der Waals surface area contributed by atoms with Gasteiger partial charge in [-0.05, 0) is 36.2 Å². The van der Waals surface area contributed by atoms with Crippen LogP contribution in [0, 0.1) is 5.92 Å². The van der Waals surface area contributed by atoms with E-state index >= 15 is 0 Å². The third-order valence-corrected chi connectivity index (χ3v) is 3.42. The van der Waals surface area contributed by atoms with Gasteiger partial charge in [0.2, 0.25) is 0 Å². The molecule has 4 rings (SSSR count). The number of rotatable bonds is 1. The SMILES string of the molecule is c1ccc(C23CC(C2)C3)cc1. The van der Waals surface area contributed by atoms with Gasteiger partial charge in [-0.15, -0.1) is 0 Å². The molecule has 1 aromatic carbocycles. The second-order valence-corrected chi connectivity index (χ2v) is 4.12. The molecule has 0 spiro atoms. The minimum absolute atomic E-state index is 0.659. The van der Waals surface area contributed by atoms with E-state index in [0.29, 0.717) is 5.41 Å². The summed E-state index contributed by atoms with van der Waals surface area (Å²) >= 11 is 0. The molecule has 1 aromatic rings. The van der Waals surface area contributed by atoms with Gasteiger partial charge in [0.1, 0.15) is 0 Å². The van der Waals surface area contributed by atoms with Gasteiger partial charge in [-0.2, -0.15) is 0 Å². The van der Waals surface area contributed by atoms with Crippen molar-refractivity contribution in [3.63, 3.8) is 0 Å². The van der Waals surface area contributed by atoms with Crippen LogP contribution in [0.1, 0.15) is 24.8 Å². The Morgan fingerprint density at radius 2 is 1.64 bits per heavy atom. The summed E-state index contributed by atoms with van der Waals surface area (Å²) in [6.07, 6.45) is 4.41. The van der Waals surface area contributed by atoms with E-state index in [1.807, 2.05) is 0 Å². The molecule has 3 aliphatic rings. The molecule has 3 aliphatic carbocycles. The van der Waals surface area contributed by atoms with E-state index in [4.69, 9.17) is 0 Å². The fraction of sp³-hybridized carbons (Fsp3) is 0.455. The van der Waals surface area contributed by atoms with Crippen molar-refractivity contribution in [1.82, 2.24) is 0 Å². The van der Waals surface area contributed by atoms with Crippen LogP contribution in [0.15, 0.2) is 30.3 Å². The van der Waals surface area contributed by atoms with Gasteiger partial charge >= 0.3 is 0 Å². The number of hydrogen-bond donors (Lipinski definition) is 0. The molecule has 0 unspecified atom stereocenters. The normalized spacial score (nSPS) is 39.1. The standard InChI is InChI=1S/C11H12/c1-2-4-10(5-3-1)11-6-9(7-11)8-11/h1-5,9H,6-8H2. The Labute approximate surface area is 67.2 Å². The largest absolute Gasteiger partial charge is 0.0622 e. The van der Waals surface area contributed by atoms with Crippen LogP contribution in [0.3, 0.4) is 0 Å². The average Bonchev–Trinajstić information content (AvgIpc) is 1.83. The van der Waals surface area contributed by atoms with Crippen molar-refractivity contribution in [3.05, 3.63) is 35.9 Å². The highest BCUT2D eigenvalue weighted by molar-refractivity contribution is 5.34. The van der Waals surface area contributed by atoms with E-state index in [2.05, 4.69) is 30.3 Å². The molecule has 0 aromatic heterocycles. The van der Waals surface area contributed by atoms with Crippen LogP contribution in [0.4, 0.5) is 0 Å². The Morgan fingerprint density at radius 3 is 2.09 bits per heavy atom. The molecule has 3 saturated carbocycles. The summed E-state index contributed by atoms with van der Waals surface area (Å²) in [5.74, 6) is 1.09. The van der Waals surface area contributed by atoms with Crippen molar-refractivity contribution in [2.75, 3.05) is 0 Å². The Balaban J connectivity index is 2.00. The van der Waals surface area contributed by atoms with Crippen LogP contribution in [0.25, 0.3) is 0 Å². The first-order chi connectivity index (χ1) is 5.39. The van der Waals surface area contributed by atoms with Gasteiger partial charge in [-0.3, -0.25) is 0 Å². The molecule has 0 heterocycles. The summed E-state index contributed by atoms with van der Waals surface area (Å²) in [5, 5.41) is 0. The monoisotopic (exact) mass is 144 g/mol. The van der Waals surface area contributed by atoms with Gasteiger partial charge in [0.25, 0.3) is 0 Å². The maximum absolute atomic E-state index is 2.29. The Kier molecular flexibility index (Phi) is 0.892. The second kappa shape index (κ2) is 1.69. The zero-order chi connectivity index (χ0) is 7.31. The molecule has 0 atom stereocenters. The van der Waals surface area contributed by atoms with Crippen LogP contribution in [0.5, 0.6) is 0 Å². The highest BCUT2D eigenvalue weighted by Crippen LogP contribution is 2.64. The molecule has 0 heteroatoms. The quantitative estimate of drug-likeness (QED) is 0.568. The lowest BCUT2D eigenvalue weighted by atomic mass is 9.42. The first-order valence-corrected chi connectivity index (χ1v) is 4.45. The van der Waals surface area contributed by atoms with Crippen LogP contribution >= 0.6 is 0 Å². The summed E-state index contributed by atoms with van der Waals surface area (Å²) in [4.78, 5) is 0. The molecule has 0 aliphatic heterocycles. The van der Waals surface area contributed by atoms with Gasteiger partial charge in [-0.1, -0.05) is 30.3 Å². The molecule has 56 valence electrons. The fourth-order valence-electron chi connectivity index (χ4n) is 2.62. The summed E-state index contributed by atoms with van der Waals surface area (Å²) in [5.41, 5.74) is 2.24. The van der Waals surface area contributed by atoms with Crippen molar-refractivity contribution < 1.29 is 0 Å². The molecule has 0 radical (unpaired) electrons. The summed E-state index contributed by atoms with van der Waals surface area (Å²) in [6.45, 7) is 0. The van der Waals surface area contributed by atoms with Crippen molar-refractivity contribution in [2.24, 2.45) is 5.92 Å². The molecule has 0 amide bonds. The van der Waals surface area contributed by atoms with Gasteiger partial charge < -0.3 is 0 Å². The van der Waals surface area contributed by atoms with Gasteiger partial charge in [0.05, 0.1) is 0 Å². The van der Waals surface area contributed by atoms with Gasteiger partial charge in [0, 0.05) is 0 Å². The van der Waals surface area contributed by atoms with E-state index < -0.39 is 0 Å². The van der Waals surface area contributed by atoms with Crippen LogP contribution in [0.2, 0.25) is 0 Å². The highest BCUT2D eigenvalue weighted by Gasteiger charge is 2.56. The predicted octanol–water partition coefficient (Wildman–Crippen LogP) is 2.74. The summed E-state index contributed by atoms with van der Waals surface area (Å²) in [7, 11) is 0. The van der Waals surface area contributed by atoms with Gasteiger partial charge in [0.15, 0.2) is 0 Å². The van der Waals surface area contributed by atoms with Crippen molar-refractivity contribution >= 4 is 0 Å². The van der Waals surface area contributed by atoms with Crippen LogP contribution in [-0.2, 0) is 5.41 Å². The predicted molar refractivity (Wildman–Crippen MR) is 45.5 cm³/mol. The lowest BCUT2D eigenvalue weighted by molar-refractivity contribution is -0.0273. The average molecular weight is 144 g/mol. The lowest BCUT2D eigenvalue weighted by Gasteiger charge is -2.62. The second-order valence-electron chi connectivity index (χ2n) is 4.12. The van der Waals surface area contributed by atoms with Crippen LogP contribution < -0.4 is 0 Å². The minimum atomic E-state index is 0.659. The Bertz CT molecular complexity index is 256.